The van der Waals surface area contributed by atoms with E-state index in [9.17, 15) is 4.79 Å². The summed E-state index contributed by atoms with van der Waals surface area (Å²) in [4.78, 5) is 14.7. The molecule has 4 nitrogen and oxygen atoms in total. The number of carbonyl (C=O) groups excluding carboxylic acids is 1. The van der Waals surface area contributed by atoms with E-state index in [1.807, 2.05) is 49.0 Å². The summed E-state index contributed by atoms with van der Waals surface area (Å²) in [6.45, 7) is 2.65. The number of aromatic nitrogens is 2. The second-order valence-electron chi connectivity index (χ2n) is 5.49. The number of amides is 1. The van der Waals surface area contributed by atoms with Gasteiger partial charge in [0.05, 0.1) is 0 Å². The Balaban J connectivity index is 1.98. The summed E-state index contributed by atoms with van der Waals surface area (Å²) < 4.78 is 1.89. The van der Waals surface area contributed by atoms with Crippen LogP contribution in [0.25, 0.3) is 0 Å². The van der Waals surface area contributed by atoms with Crippen molar-refractivity contribution in [2.24, 2.45) is 7.05 Å². The van der Waals surface area contributed by atoms with Crippen LogP contribution in [0.15, 0.2) is 30.3 Å². The lowest BCUT2D eigenvalue weighted by Gasteiger charge is -2.21. The van der Waals surface area contributed by atoms with Gasteiger partial charge in [0.15, 0.2) is 5.69 Å². The Kier molecular flexibility index (Phi) is 3.78. The first kappa shape index (κ1) is 13.9. The zero-order chi connectivity index (χ0) is 14.8. The molecule has 0 fully saturated rings. The van der Waals surface area contributed by atoms with Gasteiger partial charge in [-0.2, -0.15) is 5.10 Å². The maximum absolute atomic E-state index is 12.9. The predicted molar refractivity (Wildman–Crippen MR) is 83.6 cm³/mol. The first-order valence-corrected chi connectivity index (χ1v) is 7.64. The van der Waals surface area contributed by atoms with E-state index < -0.39 is 0 Å². The monoisotopic (exact) mass is 283 g/mol. The van der Waals surface area contributed by atoms with Gasteiger partial charge in [0.1, 0.15) is 0 Å². The van der Waals surface area contributed by atoms with E-state index in [1.165, 1.54) is 12.1 Å². The molecule has 0 spiro atoms. The summed E-state index contributed by atoms with van der Waals surface area (Å²) in [5.74, 6) is 0.0162. The number of aryl methyl sites for hydroxylation is 1. The fourth-order valence-electron chi connectivity index (χ4n) is 3.12. The lowest BCUT2D eigenvalue weighted by molar-refractivity contribution is 0.0982. The Morgan fingerprint density at radius 1 is 1.24 bits per heavy atom. The van der Waals surface area contributed by atoms with Crippen molar-refractivity contribution in [3.8, 4) is 0 Å². The van der Waals surface area contributed by atoms with Crippen LogP contribution >= 0.6 is 0 Å². The highest BCUT2D eigenvalue weighted by Gasteiger charge is 2.27. The SMILES string of the molecule is CCN(C(=O)c1nn(C)c2c1CCCC2)c1ccccc1. The van der Waals surface area contributed by atoms with Crippen LogP contribution < -0.4 is 4.90 Å². The maximum Gasteiger partial charge on any atom is 0.279 e. The summed E-state index contributed by atoms with van der Waals surface area (Å²) >= 11 is 0. The highest BCUT2D eigenvalue weighted by Crippen LogP contribution is 2.26. The van der Waals surface area contributed by atoms with Crippen LogP contribution in [0.5, 0.6) is 0 Å². The summed E-state index contributed by atoms with van der Waals surface area (Å²) in [6, 6.07) is 9.82. The zero-order valence-electron chi connectivity index (χ0n) is 12.7. The Morgan fingerprint density at radius 2 is 1.95 bits per heavy atom. The first-order chi connectivity index (χ1) is 10.2. The van der Waals surface area contributed by atoms with Gasteiger partial charge in [0.25, 0.3) is 5.91 Å². The first-order valence-electron chi connectivity index (χ1n) is 7.64. The molecule has 0 radical (unpaired) electrons. The van der Waals surface area contributed by atoms with E-state index in [2.05, 4.69) is 5.10 Å². The number of fused-ring (bicyclic) bond motifs is 1. The van der Waals surface area contributed by atoms with Crippen molar-refractivity contribution in [2.75, 3.05) is 11.4 Å². The third-order valence-corrected chi connectivity index (χ3v) is 4.20. The van der Waals surface area contributed by atoms with E-state index in [0.717, 1.165) is 30.5 Å². The molecule has 2 aromatic rings. The lowest BCUT2D eigenvalue weighted by Crippen LogP contribution is -2.31. The molecule has 1 aliphatic carbocycles. The van der Waals surface area contributed by atoms with Crippen LogP contribution in [0.2, 0.25) is 0 Å². The van der Waals surface area contributed by atoms with Gasteiger partial charge in [-0.15, -0.1) is 0 Å². The van der Waals surface area contributed by atoms with E-state index in [4.69, 9.17) is 0 Å². The number of para-hydroxylation sites is 1. The fourth-order valence-corrected chi connectivity index (χ4v) is 3.12. The molecule has 3 rings (SSSR count). The standard InChI is InChI=1S/C17H21N3O/c1-3-20(13-9-5-4-6-10-13)17(21)16-14-11-7-8-12-15(14)19(2)18-16/h4-6,9-10H,3,7-8,11-12H2,1-2H3. The molecule has 1 aromatic carbocycles. The Hall–Kier alpha value is -2.10. The molecular weight excluding hydrogens is 262 g/mol. The van der Waals surface area contributed by atoms with Gasteiger partial charge in [0.2, 0.25) is 0 Å². The number of hydrogen-bond donors (Lipinski definition) is 0. The Morgan fingerprint density at radius 3 is 2.67 bits per heavy atom. The van der Waals surface area contributed by atoms with E-state index in [-0.39, 0.29) is 5.91 Å². The van der Waals surface area contributed by atoms with Crippen molar-refractivity contribution in [1.82, 2.24) is 9.78 Å². The van der Waals surface area contributed by atoms with Crippen LogP contribution in [0.1, 0.15) is 41.5 Å². The lowest BCUT2D eigenvalue weighted by atomic mass is 9.95. The normalized spacial score (nSPS) is 13.8. The predicted octanol–water partition coefficient (Wildman–Crippen LogP) is 2.97. The summed E-state index contributed by atoms with van der Waals surface area (Å²) in [5.41, 5.74) is 3.95. The minimum absolute atomic E-state index is 0.0162. The fraction of sp³-hybridized carbons (Fsp3) is 0.412. The van der Waals surface area contributed by atoms with Crippen molar-refractivity contribution in [2.45, 2.75) is 32.6 Å². The van der Waals surface area contributed by atoms with Crippen molar-refractivity contribution in [3.63, 3.8) is 0 Å². The molecule has 21 heavy (non-hydrogen) atoms. The minimum atomic E-state index is 0.0162. The molecule has 0 bridgehead atoms. The quantitative estimate of drug-likeness (QED) is 0.868. The van der Waals surface area contributed by atoms with Crippen LogP contribution in [0.3, 0.4) is 0 Å². The number of rotatable bonds is 3. The highest BCUT2D eigenvalue weighted by molar-refractivity contribution is 6.05. The summed E-state index contributed by atoms with van der Waals surface area (Å²) in [7, 11) is 1.94. The maximum atomic E-state index is 12.9. The Bertz CT molecular complexity index is 646. The van der Waals surface area contributed by atoms with Gasteiger partial charge >= 0.3 is 0 Å². The topological polar surface area (TPSA) is 38.1 Å². The molecule has 0 atom stereocenters. The zero-order valence-corrected chi connectivity index (χ0v) is 12.7. The van der Waals surface area contributed by atoms with Gasteiger partial charge in [0, 0.05) is 30.5 Å². The molecule has 4 heteroatoms. The van der Waals surface area contributed by atoms with E-state index in [0.29, 0.717) is 12.2 Å². The number of benzene rings is 1. The third-order valence-electron chi connectivity index (χ3n) is 4.20. The van der Waals surface area contributed by atoms with Crippen molar-refractivity contribution >= 4 is 11.6 Å². The average molecular weight is 283 g/mol. The van der Waals surface area contributed by atoms with Gasteiger partial charge in [-0.05, 0) is 44.7 Å². The molecule has 110 valence electrons. The van der Waals surface area contributed by atoms with E-state index in [1.54, 1.807) is 4.90 Å². The molecule has 0 saturated heterocycles. The number of anilines is 1. The molecule has 1 amide bonds. The second-order valence-corrected chi connectivity index (χ2v) is 5.49. The minimum Gasteiger partial charge on any atom is -0.307 e. The molecule has 1 aromatic heterocycles. The van der Waals surface area contributed by atoms with Crippen molar-refractivity contribution in [1.29, 1.82) is 0 Å². The van der Waals surface area contributed by atoms with Gasteiger partial charge < -0.3 is 4.90 Å². The third kappa shape index (κ3) is 2.46. The van der Waals surface area contributed by atoms with Crippen LogP contribution in [0, 0.1) is 0 Å². The van der Waals surface area contributed by atoms with Gasteiger partial charge in [-0.1, -0.05) is 18.2 Å². The van der Waals surface area contributed by atoms with Gasteiger partial charge in [-0.25, -0.2) is 0 Å². The molecule has 1 aliphatic rings. The second kappa shape index (κ2) is 5.72. The van der Waals surface area contributed by atoms with Crippen molar-refractivity contribution < 1.29 is 4.79 Å². The van der Waals surface area contributed by atoms with Crippen LogP contribution in [-0.4, -0.2) is 22.2 Å². The molecule has 0 unspecified atom stereocenters. The largest absolute Gasteiger partial charge is 0.307 e. The van der Waals surface area contributed by atoms with Crippen LogP contribution in [-0.2, 0) is 19.9 Å². The number of nitrogens with zero attached hydrogens (tertiary/aromatic N) is 3. The molecule has 0 aliphatic heterocycles. The van der Waals surface area contributed by atoms with Crippen molar-refractivity contribution in [3.05, 3.63) is 47.3 Å². The number of hydrogen-bond acceptors (Lipinski definition) is 2. The molecule has 0 N–H and O–H groups in total. The molecule has 1 heterocycles. The highest BCUT2D eigenvalue weighted by atomic mass is 16.2. The molecular formula is C17H21N3O. The average Bonchev–Trinajstić information content (AvgIpc) is 2.87. The number of carbonyl (C=O) groups is 1. The van der Waals surface area contributed by atoms with Crippen LogP contribution in [0.4, 0.5) is 5.69 Å². The van der Waals surface area contributed by atoms with E-state index >= 15 is 0 Å². The summed E-state index contributed by atoms with van der Waals surface area (Å²) in [5, 5.41) is 4.51. The Labute approximate surface area is 125 Å². The smallest absolute Gasteiger partial charge is 0.279 e. The van der Waals surface area contributed by atoms with Gasteiger partial charge in [-0.3, -0.25) is 9.48 Å². The summed E-state index contributed by atoms with van der Waals surface area (Å²) in [6.07, 6.45) is 4.34. The molecule has 0 saturated carbocycles.